The van der Waals surface area contributed by atoms with E-state index in [1.165, 1.54) is 0 Å². The highest BCUT2D eigenvalue weighted by atomic mass is 16.5. The van der Waals surface area contributed by atoms with Crippen LogP contribution in [0.4, 0.5) is 0 Å². The van der Waals surface area contributed by atoms with Crippen molar-refractivity contribution in [3.8, 4) is 0 Å². The predicted molar refractivity (Wildman–Crippen MR) is 86.5 cm³/mol. The van der Waals surface area contributed by atoms with E-state index in [9.17, 15) is 9.90 Å². The van der Waals surface area contributed by atoms with E-state index >= 15 is 0 Å². The Bertz CT molecular complexity index is 487. The number of esters is 1. The molecule has 0 radical (unpaired) electrons. The van der Waals surface area contributed by atoms with Crippen LogP contribution in [0.5, 0.6) is 0 Å². The van der Waals surface area contributed by atoms with Crippen LogP contribution in [0.15, 0.2) is 30.3 Å². The van der Waals surface area contributed by atoms with Crippen molar-refractivity contribution in [2.75, 3.05) is 34.3 Å². The van der Waals surface area contributed by atoms with E-state index in [1.54, 1.807) is 0 Å². The smallest absolute Gasteiger partial charge is 0.316 e. The number of carbonyl (C=O) groups is 1. The normalized spacial score (nSPS) is 18.9. The van der Waals surface area contributed by atoms with Crippen LogP contribution in [0.25, 0.3) is 0 Å². The summed E-state index contributed by atoms with van der Waals surface area (Å²) < 4.78 is 6.24. The largest absolute Gasteiger partial charge is 0.459 e. The summed E-state index contributed by atoms with van der Waals surface area (Å²) in [5, 5.41) is 10.9. The first kappa shape index (κ1) is 17.0. The standard InChI is InChI=1S/C18H28NO3/c1-19(2,3)13-14-22-17(20)16(15-9-5-4-6-10-15)18(21)11-7-8-12-18/h4-6,9-10,16,21H,7-8,11-14H2,1-3H3/q+1. The Morgan fingerprint density at radius 3 is 2.36 bits per heavy atom. The predicted octanol–water partition coefficient (Wildman–Crippen LogP) is 2.32. The van der Waals surface area contributed by atoms with Crippen LogP contribution in [0, 0.1) is 0 Å². The van der Waals surface area contributed by atoms with Crippen LogP contribution >= 0.6 is 0 Å². The zero-order valence-corrected chi connectivity index (χ0v) is 13.9. The van der Waals surface area contributed by atoms with Crippen LogP contribution in [-0.2, 0) is 9.53 Å². The third-order valence-electron chi connectivity index (χ3n) is 4.38. The Morgan fingerprint density at radius 2 is 1.82 bits per heavy atom. The van der Waals surface area contributed by atoms with Crippen molar-refractivity contribution in [3.63, 3.8) is 0 Å². The quantitative estimate of drug-likeness (QED) is 0.648. The van der Waals surface area contributed by atoms with Gasteiger partial charge in [-0.15, -0.1) is 0 Å². The summed E-state index contributed by atoms with van der Waals surface area (Å²) in [4.78, 5) is 12.6. The Kier molecular flexibility index (Phi) is 5.24. The summed E-state index contributed by atoms with van der Waals surface area (Å²) in [6.45, 7) is 1.13. The fourth-order valence-electron chi connectivity index (χ4n) is 3.09. The molecule has 2 rings (SSSR count). The molecule has 122 valence electrons. The highest BCUT2D eigenvalue weighted by Gasteiger charge is 2.45. The number of likely N-dealkylation sites (N-methyl/N-ethyl adjacent to an activating group) is 1. The maximum Gasteiger partial charge on any atom is 0.316 e. The van der Waals surface area contributed by atoms with Gasteiger partial charge in [0.25, 0.3) is 0 Å². The second-order valence-corrected chi connectivity index (χ2v) is 7.34. The number of nitrogens with zero attached hydrogens (tertiary/aromatic N) is 1. The summed E-state index contributed by atoms with van der Waals surface area (Å²) in [5.41, 5.74) is -0.114. The molecular weight excluding hydrogens is 278 g/mol. The second kappa shape index (κ2) is 6.80. The minimum Gasteiger partial charge on any atom is -0.459 e. The van der Waals surface area contributed by atoms with E-state index in [0.29, 0.717) is 19.4 Å². The number of aliphatic hydroxyl groups is 1. The molecule has 0 aromatic heterocycles. The molecular formula is C18H28NO3+. The van der Waals surface area contributed by atoms with Gasteiger partial charge in [0.05, 0.1) is 26.7 Å². The lowest BCUT2D eigenvalue weighted by Crippen LogP contribution is -2.41. The first-order valence-corrected chi connectivity index (χ1v) is 8.06. The third-order valence-corrected chi connectivity index (χ3v) is 4.38. The van der Waals surface area contributed by atoms with Crippen molar-refractivity contribution in [1.82, 2.24) is 0 Å². The van der Waals surface area contributed by atoms with Gasteiger partial charge in [-0.25, -0.2) is 0 Å². The van der Waals surface area contributed by atoms with Crippen LogP contribution in [0.1, 0.15) is 37.2 Å². The maximum atomic E-state index is 12.6. The van der Waals surface area contributed by atoms with E-state index in [-0.39, 0.29) is 5.97 Å². The number of carbonyl (C=O) groups excluding carboxylic acids is 1. The molecule has 1 aromatic rings. The van der Waals surface area contributed by atoms with Crippen molar-refractivity contribution in [2.45, 2.75) is 37.2 Å². The van der Waals surface area contributed by atoms with Crippen LogP contribution in [0.3, 0.4) is 0 Å². The number of rotatable bonds is 6. The van der Waals surface area contributed by atoms with Gasteiger partial charge in [0.1, 0.15) is 19.1 Å². The lowest BCUT2D eigenvalue weighted by molar-refractivity contribution is -0.870. The van der Waals surface area contributed by atoms with Gasteiger partial charge < -0.3 is 14.3 Å². The van der Waals surface area contributed by atoms with E-state index in [2.05, 4.69) is 21.1 Å². The molecule has 1 atom stereocenters. The second-order valence-electron chi connectivity index (χ2n) is 7.34. The number of benzene rings is 1. The summed E-state index contributed by atoms with van der Waals surface area (Å²) in [5.74, 6) is -0.882. The molecule has 1 saturated carbocycles. The first-order valence-electron chi connectivity index (χ1n) is 8.06. The molecule has 0 heterocycles. The number of hydrogen-bond acceptors (Lipinski definition) is 3. The fraction of sp³-hybridized carbons (Fsp3) is 0.611. The van der Waals surface area contributed by atoms with E-state index in [0.717, 1.165) is 29.4 Å². The van der Waals surface area contributed by atoms with E-state index in [1.807, 2.05) is 30.3 Å². The van der Waals surface area contributed by atoms with Gasteiger partial charge in [-0.3, -0.25) is 4.79 Å². The summed E-state index contributed by atoms with van der Waals surface area (Å²) >= 11 is 0. The van der Waals surface area contributed by atoms with Crippen molar-refractivity contribution >= 4 is 5.97 Å². The van der Waals surface area contributed by atoms with E-state index in [4.69, 9.17) is 4.74 Å². The molecule has 1 aromatic carbocycles. The van der Waals surface area contributed by atoms with Crippen LogP contribution in [-0.4, -0.2) is 55.5 Å². The summed E-state index contributed by atoms with van der Waals surface area (Å²) in [6, 6.07) is 9.53. The number of hydrogen-bond donors (Lipinski definition) is 1. The van der Waals surface area contributed by atoms with Gasteiger partial charge in [0.2, 0.25) is 0 Å². The van der Waals surface area contributed by atoms with Crippen molar-refractivity contribution < 1.29 is 19.1 Å². The topological polar surface area (TPSA) is 46.5 Å². The van der Waals surface area contributed by atoms with Crippen LogP contribution < -0.4 is 0 Å². The Morgan fingerprint density at radius 1 is 1.23 bits per heavy atom. The fourth-order valence-corrected chi connectivity index (χ4v) is 3.09. The Balaban J connectivity index is 2.13. The third kappa shape index (κ3) is 4.31. The average molecular weight is 306 g/mol. The molecule has 0 aliphatic heterocycles. The molecule has 0 saturated heterocycles. The molecule has 0 spiro atoms. The molecule has 0 amide bonds. The van der Waals surface area contributed by atoms with Crippen molar-refractivity contribution in [1.29, 1.82) is 0 Å². The van der Waals surface area contributed by atoms with Gasteiger partial charge >= 0.3 is 5.97 Å². The van der Waals surface area contributed by atoms with Gasteiger partial charge in [0.15, 0.2) is 0 Å². The molecule has 4 heteroatoms. The lowest BCUT2D eigenvalue weighted by Gasteiger charge is -2.31. The summed E-state index contributed by atoms with van der Waals surface area (Å²) in [6.07, 6.45) is 3.26. The molecule has 22 heavy (non-hydrogen) atoms. The van der Waals surface area contributed by atoms with Gasteiger partial charge in [-0.1, -0.05) is 43.2 Å². The number of ether oxygens (including phenoxy) is 1. The minimum absolute atomic E-state index is 0.302. The van der Waals surface area contributed by atoms with Gasteiger partial charge in [-0.05, 0) is 18.4 Å². The molecule has 1 aliphatic carbocycles. The Labute approximate surface area is 133 Å². The highest BCUT2D eigenvalue weighted by Crippen LogP contribution is 2.41. The monoisotopic (exact) mass is 306 g/mol. The molecule has 0 bridgehead atoms. The lowest BCUT2D eigenvalue weighted by atomic mass is 9.81. The SMILES string of the molecule is C[N+](C)(C)CCOC(=O)C(c1ccccc1)C1(O)CCCC1. The molecule has 1 aliphatic rings. The summed E-state index contributed by atoms with van der Waals surface area (Å²) in [7, 11) is 6.19. The highest BCUT2D eigenvalue weighted by molar-refractivity contribution is 5.80. The van der Waals surface area contributed by atoms with Crippen molar-refractivity contribution in [3.05, 3.63) is 35.9 Å². The zero-order chi connectivity index (χ0) is 16.2. The van der Waals surface area contributed by atoms with Crippen molar-refractivity contribution in [2.24, 2.45) is 0 Å². The molecule has 1 N–H and O–H groups in total. The molecule has 1 fully saturated rings. The average Bonchev–Trinajstić information content (AvgIpc) is 2.86. The molecule has 4 nitrogen and oxygen atoms in total. The van der Waals surface area contributed by atoms with E-state index < -0.39 is 11.5 Å². The molecule has 1 unspecified atom stereocenters. The van der Waals surface area contributed by atoms with Gasteiger partial charge in [0, 0.05) is 0 Å². The Hall–Kier alpha value is -1.39. The van der Waals surface area contributed by atoms with Crippen LogP contribution in [0.2, 0.25) is 0 Å². The first-order chi connectivity index (χ1) is 10.3. The zero-order valence-electron chi connectivity index (χ0n) is 13.9. The minimum atomic E-state index is -0.963. The van der Waals surface area contributed by atoms with Gasteiger partial charge in [-0.2, -0.15) is 0 Å². The maximum absolute atomic E-state index is 12.6. The number of quaternary nitrogens is 1.